The number of aliphatic carboxylic acids is 1. The Balaban J connectivity index is 0.00000272. The second kappa shape index (κ2) is 9.55. The first-order valence-corrected chi connectivity index (χ1v) is 10.2. The van der Waals surface area contributed by atoms with Gasteiger partial charge < -0.3 is 10.2 Å². The Morgan fingerprint density at radius 3 is 2.45 bits per heavy atom. The summed E-state index contributed by atoms with van der Waals surface area (Å²) in [6, 6.07) is 8.41. The normalized spacial score (nSPS) is 12.5. The van der Waals surface area contributed by atoms with Crippen LogP contribution in [0.2, 0.25) is 0 Å². The molecule has 0 saturated heterocycles. The van der Waals surface area contributed by atoms with Crippen molar-refractivity contribution in [3.8, 4) is 5.75 Å². The number of phenols is 1. The van der Waals surface area contributed by atoms with Gasteiger partial charge in [-0.15, -0.1) is 0 Å². The van der Waals surface area contributed by atoms with Gasteiger partial charge in [-0.3, -0.25) is 9.48 Å². The average molecular weight is 431 g/mol. The summed E-state index contributed by atoms with van der Waals surface area (Å²) in [4.78, 5) is 11.1. The van der Waals surface area contributed by atoms with Crippen molar-refractivity contribution >= 4 is 35.5 Å². The molecule has 1 aromatic heterocycles. The van der Waals surface area contributed by atoms with Crippen LogP contribution in [0.25, 0.3) is 0 Å². The molecule has 1 aliphatic rings. The molecule has 0 saturated carbocycles. The molecule has 0 aliphatic heterocycles. The molecule has 1 aliphatic carbocycles. The zero-order chi connectivity index (χ0) is 21.4. The molecule has 0 atom stereocenters. The van der Waals surface area contributed by atoms with E-state index in [-0.39, 0.29) is 41.9 Å². The van der Waals surface area contributed by atoms with E-state index >= 15 is 0 Å². The molecule has 0 unspecified atom stereocenters. The van der Waals surface area contributed by atoms with Crippen LogP contribution in [0.1, 0.15) is 51.2 Å². The number of fused-ring (bicyclic) bond motifs is 1. The van der Waals surface area contributed by atoms with Gasteiger partial charge in [-0.05, 0) is 73.1 Å². The molecule has 0 amide bonds. The number of phenolic OH excluding ortho intramolecular Hbond substituents is 1. The molecule has 0 fully saturated rings. The maximum Gasteiger partial charge on any atom is 0.325 e. The predicted octanol–water partition coefficient (Wildman–Crippen LogP) is 3.72. The van der Waals surface area contributed by atoms with E-state index in [1.54, 1.807) is 12.1 Å². The van der Waals surface area contributed by atoms with Gasteiger partial charge in [0.05, 0.1) is 5.69 Å². The van der Waals surface area contributed by atoms with E-state index in [9.17, 15) is 14.3 Å². The van der Waals surface area contributed by atoms with Crippen molar-refractivity contribution in [2.75, 3.05) is 0 Å². The van der Waals surface area contributed by atoms with Gasteiger partial charge in [0, 0.05) is 53.7 Å². The molecule has 5 nitrogen and oxygen atoms in total. The van der Waals surface area contributed by atoms with Gasteiger partial charge in [-0.2, -0.15) is 5.10 Å². The molecule has 7 heteroatoms. The Hall–Kier alpha value is -2.15. The minimum absolute atomic E-state index is 0. The van der Waals surface area contributed by atoms with Crippen LogP contribution in [-0.2, 0) is 37.0 Å². The fourth-order valence-corrected chi connectivity index (χ4v) is 4.50. The second-order valence-electron chi connectivity index (χ2n) is 8.03. The SMILES string of the molecule is Cc1nn(CC(=O)O)c(C)c1Cc1cc(Cc2ccc(F)cc2)c(O)c2c1CCC2.[Na]. The number of hydrogen-bond donors (Lipinski definition) is 2. The number of carboxylic acids is 1. The summed E-state index contributed by atoms with van der Waals surface area (Å²) in [7, 11) is 0. The summed E-state index contributed by atoms with van der Waals surface area (Å²) in [5.74, 6) is -0.841. The van der Waals surface area contributed by atoms with Gasteiger partial charge in [-0.1, -0.05) is 18.2 Å². The Kier molecular flexibility index (Phi) is 7.24. The van der Waals surface area contributed by atoms with E-state index in [1.165, 1.54) is 22.4 Å². The van der Waals surface area contributed by atoms with E-state index in [4.69, 9.17) is 5.11 Å². The molecule has 31 heavy (non-hydrogen) atoms. The van der Waals surface area contributed by atoms with Crippen LogP contribution in [0.15, 0.2) is 30.3 Å². The zero-order valence-electron chi connectivity index (χ0n) is 18.2. The third kappa shape index (κ3) is 4.86. The number of rotatable bonds is 6. The number of benzene rings is 2. The maximum atomic E-state index is 13.3. The quantitative estimate of drug-likeness (QED) is 0.584. The van der Waals surface area contributed by atoms with Gasteiger partial charge in [0.25, 0.3) is 0 Å². The van der Waals surface area contributed by atoms with Crippen LogP contribution in [0.4, 0.5) is 4.39 Å². The van der Waals surface area contributed by atoms with Gasteiger partial charge in [0.2, 0.25) is 0 Å². The summed E-state index contributed by atoms with van der Waals surface area (Å²) in [6.45, 7) is 3.65. The number of carboxylic acid groups (broad SMARTS) is 1. The smallest absolute Gasteiger partial charge is 0.325 e. The molecule has 0 spiro atoms. The first kappa shape index (κ1) is 23.5. The summed E-state index contributed by atoms with van der Waals surface area (Å²) in [6.07, 6.45) is 3.96. The largest absolute Gasteiger partial charge is 0.507 e. The van der Waals surface area contributed by atoms with E-state index < -0.39 is 5.97 Å². The van der Waals surface area contributed by atoms with Crippen molar-refractivity contribution in [3.05, 3.63) is 80.9 Å². The Morgan fingerprint density at radius 1 is 1.10 bits per heavy atom. The van der Waals surface area contributed by atoms with E-state index in [0.717, 1.165) is 58.5 Å². The molecule has 3 aromatic rings. The van der Waals surface area contributed by atoms with Crippen LogP contribution in [0.5, 0.6) is 5.75 Å². The van der Waals surface area contributed by atoms with Crippen molar-refractivity contribution in [3.63, 3.8) is 0 Å². The fourth-order valence-electron chi connectivity index (χ4n) is 4.50. The number of aromatic nitrogens is 2. The van der Waals surface area contributed by atoms with Crippen LogP contribution in [-0.4, -0.2) is 55.5 Å². The predicted molar refractivity (Wildman–Crippen MR) is 117 cm³/mol. The number of hydrogen-bond acceptors (Lipinski definition) is 3. The fraction of sp³-hybridized carbons (Fsp3) is 0.333. The van der Waals surface area contributed by atoms with E-state index in [0.29, 0.717) is 18.6 Å². The van der Waals surface area contributed by atoms with Crippen LogP contribution in [0, 0.1) is 19.7 Å². The summed E-state index contributed by atoms with van der Waals surface area (Å²) in [5.41, 5.74) is 7.85. The molecule has 1 radical (unpaired) electrons. The first-order valence-electron chi connectivity index (χ1n) is 10.2. The monoisotopic (exact) mass is 431 g/mol. The van der Waals surface area contributed by atoms with Gasteiger partial charge in [-0.25, -0.2) is 4.39 Å². The molecule has 1 heterocycles. The van der Waals surface area contributed by atoms with Crippen molar-refractivity contribution in [2.45, 2.75) is 52.5 Å². The summed E-state index contributed by atoms with van der Waals surface area (Å²) >= 11 is 0. The van der Waals surface area contributed by atoms with Crippen LogP contribution in [0.3, 0.4) is 0 Å². The number of carbonyl (C=O) groups is 1. The standard InChI is InChI=1S/C24H25FN2O3.Na/c1-14-22(15(2)27(26-14)13-23(28)29)12-17-11-18(10-16-6-8-19(25)9-7-16)24(30)21-5-3-4-20(17)21;/h6-9,11,30H,3-5,10,12-13H2,1-2H3,(H,28,29);. The van der Waals surface area contributed by atoms with Crippen molar-refractivity contribution < 1.29 is 19.4 Å². The molecule has 2 N–H and O–H groups in total. The Bertz CT molecular complexity index is 1120. The third-order valence-corrected chi connectivity index (χ3v) is 6.04. The molecule has 0 bridgehead atoms. The van der Waals surface area contributed by atoms with Gasteiger partial charge >= 0.3 is 5.97 Å². The Morgan fingerprint density at radius 2 is 1.77 bits per heavy atom. The first-order chi connectivity index (χ1) is 14.3. The average Bonchev–Trinajstić information content (AvgIpc) is 3.28. The third-order valence-electron chi connectivity index (χ3n) is 6.04. The Labute approximate surface area is 203 Å². The minimum atomic E-state index is -0.917. The van der Waals surface area contributed by atoms with E-state index in [2.05, 4.69) is 11.2 Å². The molecule has 4 rings (SSSR count). The van der Waals surface area contributed by atoms with Crippen LogP contribution < -0.4 is 0 Å². The minimum Gasteiger partial charge on any atom is -0.507 e. The number of nitrogens with zero attached hydrogens (tertiary/aromatic N) is 2. The maximum absolute atomic E-state index is 13.3. The topological polar surface area (TPSA) is 75.4 Å². The van der Waals surface area contributed by atoms with Crippen molar-refractivity contribution in [1.82, 2.24) is 9.78 Å². The van der Waals surface area contributed by atoms with Crippen molar-refractivity contribution in [1.29, 1.82) is 0 Å². The van der Waals surface area contributed by atoms with Gasteiger partial charge in [0.1, 0.15) is 18.1 Å². The van der Waals surface area contributed by atoms with Crippen LogP contribution >= 0.6 is 0 Å². The molecular formula is C24H25FN2NaO3. The molecule has 2 aromatic carbocycles. The summed E-state index contributed by atoms with van der Waals surface area (Å²) < 4.78 is 14.8. The number of aromatic hydroxyl groups is 1. The molecule has 157 valence electrons. The number of aryl methyl sites for hydroxylation is 1. The van der Waals surface area contributed by atoms with Crippen molar-refractivity contribution in [2.24, 2.45) is 0 Å². The summed E-state index contributed by atoms with van der Waals surface area (Å²) in [5, 5.41) is 24.4. The van der Waals surface area contributed by atoms with E-state index in [1.807, 2.05) is 13.8 Å². The number of halogens is 1. The van der Waals surface area contributed by atoms with Gasteiger partial charge in [0.15, 0.2) is 0 Å². The second-order valence-corrected chi connectivity index (χ2v) is 8.03. The molecular weight excluding hydrogens is 406 g/mol. The zero-order valence-corrected chi connectivity index (χ0v) is 20.2.